The largest absolute Gasteiger partial charge is 0.481 e. The van der Waals surface area contributed by atoms with Crippen LogP contribution >= 0.6 is 0 Å². The van der Waals surface area contributed by atoms with Crippen molar-refractivity contribution in [2.24, 2.45) is 0 Å². The van der Waals surface area contributed by atoms with Gasteiger partial charge in [-0.3, -0.25) is 4.79 Å². The average Bonchev–Trinajstić information content (AvgIpc) is 2.21. The zero-order valence-corrected chi connectivity index (χ0v) is 12.2. The molecule has 0 aromatic heterocycles. The highest BCUT2D eigenvalue weighted by molar-refractivity contribution is 7.90. The van der Waals surface area contributed by atoms with Crippen LogP contribution in [0.5, 0.6) is 0 Å². The highest BCUT2D eigenvalue weighted by Crippen LogP contribution is 2.15. The molecule has 0 aliphatic rings. The van der Waals surface area contributed by atoms with Crippen molar-refractivity contribution in [3.8, 4) is 0 Å². The van der Waals surface area contributed by atoms with Gasteiger partial charge in [0.15, 0.2) is 0 Å². The zero-order valence-electron chi connectivity index (χ0n) is 11.4. The molecule has 0 heterocycles. The molecule has 7 heteroatoms. The maximum Gasteiger partial charge on any atom is 0.303 e. The van der Waals surface area contributed by atoms with Gasteiger partial charge in [0.2, 0.25) is 10.0 Å². The Morgan fingerprint density at radius 3 is 2.44 bits per heavy atom. The molecule has 0 aromatic carbocycles. The minimum atomic E-state index is -3.46. The van der Waals surface area contributed by atoms with Crippen LogP contribution in [0.2, 0.25) is 0 Å². The quantitative estimate of drug-likeness (QED) is 0.657. The highest BCUT2D eigenvalue weighted by atomic mass is 32.2. The first-order valence-corrected chi connectivity index (χ1v) is 7.39. The maximum absolute atomic E-state index is 12.0. The first-order chi connectivity index (χ1) is 8.10. The van der Waals surface area contributed by atoms with Crippen LogP contribution in [0, 0.1) is 0 Å². The molecule has 0 spiro atoms. The van der Waals surface area contributed by atoms with Crippen LogP contribution in [0.3, 0.4) is 0 Å². The van der Waals surface area contributed by atoms with Gasteiger partial charge in [-0.25, -0.2) is 13.1 Å². The molecule has 0 fully saturated rings. The molecule has 6 nitrogen and oxygen atoms in total. The summed E-state index contributed by atoms with van der Waals surface area (Å²) in [6, 6.07) is 0. The summed E-state index contributed by atoms with van der Waals surface area (Å²) in [5, 5.41) is 8.04. The summed E-state index contributed by atoms with van der Waals surface area (Å²) >= 11 is 0. The van der Waals surface area contributed by atoms with E-state index in [-0.39, 0.29) is 12.8 Å². The van der Waals surface area contributed by atoms with Gasteiger partial charge in [0.05, 0.1) is 5.25 Å². The third-order valence-electron chi connectivity index (χ3n) is 2.64. The Hall–Kier alpha value is -0.660. The summed E-state index contributed by atoms with van der Waals surface area (Å²) < 4.78 is 31.4. The van der Waals surface area contributed by atoms with Crippen molar-refractivity contribution >= 4 is 16.0 Å². The number of methoxy groups -OCH3 is 1. The maximum atomic E-state index is 12.0. The highest BCUT2D eigenvalue weighted by Gasteiger charge is 2.29. The average molecular weight is 281 g/mol. The van der Waals surface area contributed by atoms with Gasteiger partial charge in [-0.1, -0.05) is 0 Å². The molecule has 108 valence electrons. The summed E-state index contributed by atoms with van der Waals surface area (Å²) in [4.78, 5) is 10.5. The molecule has 0 saturated carbocycles. The number of carbonyl (C=O) groups is 1. The Bertz CT molecular complexity index is 364. The third-order valence-corrected chi connectivity index (χ3v) is 4.77. The SMILES string of the molecule is COCCC(C)S(=O)(=O)NC(C)(C)CCC(=O)O. The summed E-state index contributed by atoms with van der Waals surface area (Å²) in [5.41, 5.74) is -0.765. The fourth-order valence-corrected chi connectivity index (χ4v) is 2.88. The number of carboxylic acid groups (broad SMARTS) is 1. The van der Waals surface area contributed by atoms with E-state index in [0.29, 0.717) is 13.0 Å². The zero-order chi connectivity index (χ0) is 14.4. The summed E-state index contributed by atoms with van der Waals surface area (Å²) in [6.07, 6.45) is 0.585. The third kappa shape index (κ3) is 6.93. The van der Waals surface area contributed by atoms with Crippen LogP contribution in [-0.4, -0.2) is 44.0 Å². The van der Waals surface area contributed by atoms with Crippen LogP contribution in [0.25, 0.3) is 0 Å². The van der Waals surface area contributed by atoms with Gasteiger partial charge >= 0.3 is 5.97 Å². The number of hydrogen-bond acceptors (Lipinski definition) is 4. The number of rotatable bonds is 9. The Kier molecular flexibility index (Phi) is 6.80. The molecule has 0 radical (unpaired) electrons. The van der Waals surface area contributed by atoms with Crippen molar-refractivity contribution in [2.45, 2.75) is 50.8 Å². The Balaban J connectivity index is 4.50. The normalized spacial score (nSPS) is 14.4. The van der Waals surface area contributed by atoms with E-state index >= 15 is 0 Å². The summed E-state index contributed by atoms with van der Waals surface area (Å²) in [5.74, 6) is -0.935. The van der Waals surface area contributed by atoms with E-state index in [1.54, 1.807) is 20.8 Å². The van der Waals surface area contributed by atoms with Crippen molar-refractivity contribution in [1.82, 2.24) is 4.72 Å². The lowest BCUT2D eigenvalue weighted by Crippen LogP contribution is -2.47. The second-order valence-electron chi connectivity index (χ2n) is 5.02. The molecule has 0 aliphatic heterocycles. The van der Waals surface area contributed by atoms with Gasteiger partial charge in [0, 0.05) is 25.7 Å². The number of hydrogen-bond donors (Lipinski definition) is 2. The molecule has 0 rings (SSSR count). The molecular weight excluding hydrogens is 258 g/mol. The number of aliphatic carboxylic acids is 1. The monoisotopic (exact) mass is 281 g/mol. The predicted octanol–water partition coefficient (Wildman–Crippen LogP) is 0.974. The Labute approximate surface area is 109 Å². The molecule has 0 amide bonds. The lowest BCUT2D eigenvalue weighted by molar-refractivity contribution is -0.137. The van der Waals surface area contributed by atoms with Gasteiger partial charge in [-0.05, 0) is 33.6 Å². The van der Waals surface area contributed by atoms with E-state index in [9.17, 15) is 13.2 Å². The molecule has 0 aromatic rings. The molecule has 0 saturated heterocycles. The number of carboxylic acids is 1. The molecular formula is C11H23NO5S. The van der Waals surface area contributed by atoms with Crippen LogP contribution in [0.1, 0.15) is 40.0 Å². The van der Waals surface area contributed by atoms with E-state index in [2.05, 4.69) is 4.72 Å². The Morgan fingerprint density at radius 2 is 2.00 bits per heavy atom. The molecule has 18 heavy (non-hydrogen) atoms. The minimum Gasteiger partial charge on any atom is -0.481 e. The summed E-state index contributed by atoms with van der Waals surface area (Å²) in [6.45, 7) is 5.33. The molecule has 0 aliphatic carbocycles. The fourth-order valence-electron chi connectivity index (χ4n) is 1.40. The smallest absolute Gasteiger partial charge is 0.303 e. The van der Waals surface area contributed by atoms with Crippen LogP contribution in [0.4, 0.5) is 0 Å². The predicted molar refractivity (Wildman–Crippen MR) is 69.0 cm³/mol. The first-order valence-electron chi connectivity index (χ1n) is 5.84. The summed E-state index contributed by atoms with van der Waals surface area (Å²) in [7, 11) is -1.94. The van der Waals surface area contributed by atoms with E-state index in [1.165, 1.54) is 7.11 Å². The number of sulfonamides is 1. The second kappa shape index (κ2) is 7.06. The van der Waals surface area contributed by atoms with Gasteiger partial charge in [0.25, 0.3) is 0 Å². The molecule has 1 unspecified atom stereocenters. The van der Waals surface area contributed by atoms with Crippen molar-refractivity contribution in [1.29, 1.82) is 0 Å². The number of ether oxygens (including phenoxy) is 1. The first kappa shape index (κ1) is 17.3. The van der Waals surface area contributed by atoms with Crippen LogP contribution in [0.15, 0.2) is 0 Å². The molecule has 0 bridgehead atoms. The van der Waals surface area contributed by atoms with E-state index < -0.39 is 26.8 Å². The van der Waals surface area contributed by atoms with Crippen molar-refractivity contribution in [3.05, 3.63) is 0 Å². The van der Waals surface area contributed by atoms with Gasteiger partial charge in [-0.15, -0.1) is 0 Å². The van der Waals surface area contributed by atoms with Gasteiger partial charge in [0.1, 0.15) is 0 Å². The second-order valence-corrected chi connectivity index (χ2v) is 7.12. The van der Waals surface area contributed by atoms with E-state index in [0.717, 1.165) is 0 Å². The number of nitrogens with one attached hydrogen (secondary N) is 1. The Morgan fingerprint density at radius 1 is 1.44 bits per heavy atom. The van der Waals surface area contributed by atoms with Gasteiger partial charge < -0.3 is 9.84 Å². The van der Waals surface area contributed by atoms with Crippen molar-refractivity contribution in [2.75, 3.05) is 13.7 Å². The topological polar surface area (TPSA) is 92.7 Å². The van der Waals surface area contributed by atoms with Crippen molar-refractivity contribution < 1.29 is 23.1 Å². The van der Waals surface area contributed by atoms with Gasteiger partial charge in [-0.2, -0.15) is 0 Å². The van der Waals surface area contributed by atoms with E-state index in [4.69, 9.17) is 9.84 Å². The van der Waals surface area contributed by atoms with Crippen molar-refractivity contribution in [3.63, 3.8) is 0 Å². The fraction of sp³-hybridized carbons (Fsp3) is 0.909. The van der Waals surface area contributed by atoms with Crippen LogP contribution in [-0.2, 0) is 19.6 Å². The minimum absolute atomic E-state index is 0.0675. The van der Waals surface area contributed by atoms with E-state index in [1.807, 2.05) is 0 Å². The molecule has 2 N–H and O–H groups in total. The lowest BCUT2D eigenvalue weighted by Gasteiger charge is -2.27. The lowest BCUT2D eigenvalue weighted by atomic mass is 10.0. The van der Waals surface area contributed by atoms with Crippen LogP contribution < -0.4 is 4.72 Å². The molecule has 1 atom stereocenters. The standard InChI is InChI=1S/C11H23NO5S/c1-9(6-8-17-4)18(15,16)12-11(2,3)7-5-10(13)14/h9,12H,5-8H2,1-4H3,(H,13,14).